The van der Waals surface area contributed by atoms with Crippen LogP contribution in [0.25, 0.3) is 0 Å². The third-order valence-corrected chi connectivity index (χ3v) is 2.34. The molecule has 1 rings (SSSR count). The lowest BCUT2D eigenvalue weighted by molar-refractivity contribution is 0.253. The summed E-state index contributed by atoms with van der Waals surface area (Å²) in [5.41, 5.74) is 5.53. The Labute approximate surface area is 63.4 Å². The van der Waals surface area contributed by atoms with Gasteiger partial charge in [-0.1, -0.05) is 0 Å². The van der Waals surface area contributed by atoms with Crippen LogP contribution in [0, 0.1) is 5.92 Å². The van der Waals surface area contributed by atoms with Crippen molar-refractivity contribution in [1.29, 1.82) is 0 Å². The molecular weight excluding hydrogens is 124 g/mol. The average Bonchev–Trinajstić information content (AvgIpc) is 2.70. The smallest absolute Gasteiger partial charge is 0.0187 e. The first-order valence-electron chi connectivity index (χ1n) is 4.14. The summed E-state index contributed by atoms with van der Waals surface area (Å²) in [6, 6.07) is 0.556. The van der Waals surface area contributed by atoms with Crippen molar-refractivity contribution >= 4 is 0 Å². The lowest BCUT2D eigenvalue weighted by Gasteiger charge is -2.22. The van der Waals surface area contributed by atoms with Crippen LogP contribution >= 0.6 is 0 Å². The molecular formula is C8H18N2. The molecule has 1 saturated carbocycles. The van der Waals surface area contributed by atoms with E-state index in [1.807, 2.05) is 0 Å². The Balaban J connectivity index is 2.11. The molecule has 10 heavy (non-hydrogen) atoms. The van der Waals surface area contributed by atoms with Gasteiger partial charge >= 0.3 is 0 Å². The third-order valence-electron chi connectivity index (χ3n) is 2.34. The second-order valence-corrected chi connectivity index (χ2v) is 3.47. The van der Waals surface area contributed by atoms with Crippen molar-refractivity contribution in [2.24, 2.45) is 11.7 Å². The maximum atomic E-state index is 5.53. The Morgan fingerprint density at radius 3 is 2.60 bits per heavy atom. The van der Waals surface area contributed by atoms with E-state index in [1.54, 1.807) is 0 Å². The summed E-state index contributed by atoms with van der Waals surface area (Å²) in [6.45, 7) is 4.21. The van der Waals surface area contributed by atoms with E-state index in [4.69, 9.17) is 5.73 Å². The molecule has 0 aliphatic heterocycles. The van der Waals surface area contributed by atoms with Crippen molar-refractivity contribution < 1.29 is 0 Å². The molecule has 2 heteroatoms. The highest BCUT2D eigenvalue weighted by atomic mass is 15.1. The van der Waals surface area contributed by atoms with Crippen molar-refractivity contribution in [3.8, 4) is 0 Å². The van der Waals surface area contributed by atoms with Gasteiger partial charge in [-0.2, -0.15) is 0 Å². The molecule has 0 aromatic carbocycles. The Hall–Kier alpha value is -0.0800. The maximum absolute atomic E-state index is 5.53. The number of hydrogen-bond acceptors (Lipinski definition) is 2. The molecule has 0 radical (unpaired) electrons. The highest BCUT2D eigenvalue weighted by Gasteiger charge is 2.23. The highest BCUT2D eigenvalue weighted by Crippen LogP contribution is 2.29. The van der Waals surface area contributed by atoms with Crippen LogP contribution in [0.15, 0.2) is 0 Å². The van der Waals surface area contributed by atoms with E-state index in [2.05, 4.69) is 18.9 Å². The van der Waals surface area contributed by atoms with E-state index in [0.29, 0.717) is 6.04 Å². The van der Waals surface area contributed by atoms with Crippen molar-refractivity contribution in [2.45, 2.75) is 25.8 Å². The Morgan fingerprint density at radius 2 is 2.20 bits per heavy atom. The van der Waals surface area contributed by atoms with Crippen LogP contribution in [0.1, 0.15) is 19.8 Å². The van der Waals surface area contributed by atoms with E-state index >= 15 is 0 Å². The molecule has 0 heterocycles. The van der Waals surface area contributed by atoms with Gasteiger partial charge in [0.2, 0.25) is 0 Å². The lowest BCUT2D eigenvalue weighted by Crippen LogP contribution is -2.36. The van der Waals surface area contributed by atoms with Gasteiger partial charge in [-0.05, 0) is 32.7 Å². The summed E-state index contributed by atoms with van der Waals surface area (Å²) in [4.78, 5) is 2.36. The predicted molar refractivity (Wildman–Crippen MR) is 43.9 cm³/mol. The lowest BCUT2D eigenvalue weighted by atomic mass is 10.3. The quantitative estimate of drug-likeness (QED) is 0.625. The van der Waals surface area contributed by atoms with Crippen LogP contribution in [0.3, 0.4) is 0 Å². The predicted octanol–water partition coefficient (Wildman–Crippen LogP) is 0.675. The first-order valence-corrected chi connectivity index (χ1v) is 4.14. The fourth-order valence-corrected chi connectivity index (χ4v) is 1.07. The van der Waals surface area contributed by atoms with Crippen LogP contribution in [0.5, 0.6) is 0 Å². The summed E-state index contributed by atoms with van der Waals surface area (Å²) < 4.78 is 0. The summed E-state index contributed by atoms with van der Waals surface area (Å²) >= 11 is 0. The van der Waals surface area contributed by atoms with Gasteiger partial charge in [-0.15, -0.1) is 0 Å². The van der Waals surface area contributed by atoms with Gasteiger partial charge in [0.1, 0.15) is 0 Å². The van der Waals surface area contributed by atoms with Crippen molar-refractivity contribution in [1.82, 2.24) is 4.90 Å². The molecule has 0 bridgehead atoms. The van der Waals surface area contributed by atoms with Gasteiger partial charge in [0.25, 0.3) is 0 Å². The van der Waals surface area contributed by atoms with Gasteiger partial charge in [0.05, 0.1) is 0 Å². The molecule has 2 nitrogen and oxygen atoms in total. The highest BCUT2D eigenvalue weighted by molar-refractivity contribution is 4.78. The zero-order valence-corrected chi connectivity index (χ0v) is 7.01. The minimum Gasteiger partial charge on any atom is -0.329 e. The van der Waals surface area contributed by atoms with Gasteiger partial charge in [0, 0.05) is 19.1 Å². The SMILES string of the molecule is C[C@@H](CN)N(C)CC1CC1. The normalized spacial score (nSPS) is 21.6. The molecule has 0 unspecified atom stereocenters. The maximum Gasteiger partial charge on any atom is 0.0187 e. The standard InChI is InChI=1S/C8H18N2/c1-7(5-9)10(2)6-8-3-4-8/h7-8H,3-6,9H2,1-2H3/t7-/m0/s1. The van der Waals surface area contributed by atoms with E-state index in [0.717, 1.165) is 12.5 Å². The van der Waals surface area contributed by atoms with Crippen LogP contribution in [-0.2, 0) is 0 Å². The third kappa shape index (κ3) is 2.27. The Kier molecular flexibility index (Phi) is 2.69. The molecule has 1 aliphatic rings. The molecule has 0 saturated heterocycles. The van der Waals surface area contributed by atoms with Crippen LogP contribution in [0.2, 0.25) is 0 Å². The number of nitrogens with zero attached hydrogens (tertiary/aromatic N) is 1. The zero-order valence-electron chi connectivity index (χ0n) is 7.01. The molecule has 0 aromatic rings. The van der Waals surface area contributed by atoms with Crippen LogP contribution < -0.4 is 5.73 Å². The van der Waals surface area contributed by atoms with Gasteiger partial charge in [-0.3, -0.25) is 0 Å². The van der Waals surface area contributed by atoms with Crippen molar-refractivity contribution in [3.63, 3.8) is 0 Å². The van der Waals surface area contributed by atoms with Gasteiger partial charge < -0.3 is 10.6 Å². The average molecular weight is 142 g/mol. The first kappa shape index (κ1) is 8.02. The minimum absolute atomic E-state index is 0.556. The minimum atomic E-state index is 0.556. The Bertz CT molecular complexity index is 99.4. The van der Waals surface area contributed by atoms with Gasteiger partial charge in [0.15, 0.2) is 0 Å². The monoisotopic (exact) mass is 142 g/mol. The summed E-state index contributed by atoms with van der Waals surface area (Å²) in [5.74, 6) is 0.985. The molecule has 1 aliphatic carbocycles. The van der Waals surface area contributed by atoms with Crippen LogP contribution in [0.4, 0.5) is 0 Å². The van der Waals surface area contributed by atoms with Crippen molar-refractivity contribution in [2.75, 3.05) is 20.1 Å². The molecule has 60 valence electrons. The fraction of sp³-hybridized carbons (Fsp3) is 1.00. The van der Waals surface area contributed by atoms with Crippen LogP contribution in [-0.4, -0.2) is 31.1 Å². The first-order chi connectivity index (χ1) is 4.74. The summed E-state index contributed by atoms with van der Waals surface area (Å²) in [6.07, 6.45) is 2.86. The molecule has 1 fully saturated rings. The van der Waals surface area contributed by atoms with E-state index in [9.17, 15) is 0 Å². The summed E-state index contributed by atoms with van der Waals surface area (Å²) in [5, 5.41) is 0. The van der Waals surface area contributed by atoms with E-state index in [1.165, 1.54) is 19.4 Å². The van der Waals surface area contributed by atoms with E-state index < -0.39 is 0 Å². The Morgan fingerprint density at radius 1 is 1.60 bits per heavy atom. The van der Waals surface area contributed by atoms with Crippen molar-refractivity contribution in [3.05, 3.63) is 0 Å². The molecule has 0 aromatic heterocycles. The van der Waals surface area contributed by atoms with Gasteiger partial charge in [-0.25, -0.2) is 0 Å². The van der Waals surface area contributed by atoms with E-state index in [-0.39, 0.29) is 0 Å². The summed E-state index contributed by atoms with van der Waals surface area (Å²) in [7, 11) is 2.16. The fourth-order valence-electron chi connectivity index (χ4n) is 1.07. The molecule has 0 amide bonds. The largest absolute Gasteiger partial charge is 0.329 e. The number of rotatable bonds is 4. The number of nitrogens with two attached hydrogens (primary N) is 1. The zero-order chi connectivity index (χ0) is 7.56. The molecule has 1 atom stereocenters. The number of hydrogen-bond donors (Lipinski definition) is 1. The molecule has 0 spiro atoms. The topological polar surface area (TPSA) is 29.3 Å². The molecule has 2 N–H and O–H groups in total. The second-order valence-electron chi connectivity index (χ2n) is 3.47. The second kappa shape index (κ2) is 3.35. The number of likely N-dealkylation sites (N-methyl/N-ethyl adjacent to an activating group) is 1.